The van der Waals surface area contributed by atoms with Gasteiger partial charge in [0.25, 0.3) is 0 Å². The molecule has 0 unspecified atom stereocenters. The van der Waals surface area contributed by atoms with Gasteiger partial charge in [-0.1, -0.05) is 18.6 Å². The fraction of sp³-hybridized carbons (Fsp3) is 0.667. The summed E-state index contributed by atoms with van der Waals surface area (Å²) in [5.41, 5.74) is 2.81. The third-order valence-corrected chi connectivity index (χ3v) is 6.55. The van der Waals surface area contributed by atoms with E-state index in [0.29, 0.717) is 4.75 Å². The Hall–Kier alpha value is -0.670. The first kappa shape index (κ1) is 15.2. The lowest BCUT2D eigenvalue weighted by atomic mass is 9.84. The van der Waals surface area contributed by atoms with Crippen molar-refractivity contribution in [1.82, 2.24) is 5.32 Å². The van der Waals surface area contributed by atoms with E-state index in [0.717, 1.165) is 13.1 Å². The maximum Gasteiger partial charge on any atom is 0.0366 e. The van der Waals surface area contributed by atoms with Crippen LogP contribution in [0.2, 0.25) is 0 Å². The van der Waals surface area contributed by atoms with Gasteiger partial charge in [0.1, 0.15) is 0 Å². The zero-order valence-electron chi connectivity index (χ0n) is 13.2. The number of rotatable bonds is 6. The van der Waals surface area contributed by atoms with Gasteiger partial charge in [-0.15, -0.1) is 0 Å². The number of hydrogen-bond acceptors (Lipinski definition) is 3. The predicted octanol–water partition coefficient (Wildman–Crippen LogP) is 4.05. The Labute approximate surface area is 133 Å². The molecule has 1 aromatic carbocycles. The first-order valence-electron chi connectivity index (χ1n) is 8.41. The molecule has 3 heteroatoms. The van der Waals surface area contributed by atoms with E-state index >= 15 is 0 Å². The smallest absolute Gasteiger partial charge is 0.0366 e. The Kier molecular flexibility index (Phi) is 5.12. The molecule has 1 saturated carbocycles. The molecule has 0 spiro atoms. The van der Waals surface area contributed by atoms with E-state index < -0.39 is 0 Å². The van der Waals surface area contributed by atoms with Crippen LogP contribution in [0.25, 0.3) is 0 Å². The average molecular weight is 305 g/mol. The van der Waals surface area contributed by atoms with Gasteiger partial charge in [-0.25, -0.2) is 0 Å². The van der Waals surface area contributed by atoms with E-state index in [2.05, 4.69) is 40.7 Å². The maximum atomic E-state index is 3.66. The predicted molar refractivity (Wildman–Crippen MR) is 94.3 cm³/mol. The number of nitrogens with zero attached hydrogens (tertiary/aromatic N) is 1. The van der Waals surface area contributed by atoms with Crippen LogP contribution in [0.5, 0.6) is 0 Å². The Balaban J connectivity index is 1.48. The second kappa shape index (κ2) is 7.06. The molecule has 1 aromatic rings. The molecule has 2 nitrogen and oxygen atoms in total. The van der Waals surface area contributed by atoms with E-state index in [-0.39, 0.29) is 0 Å². The summed E-state index contributed by atoms with van der Waals surface area (Å²) in [4.78, 5) is 2.53. The van der Waals surface area contributed by atoms with Crippen LogP contribution >= 0.6 is 11.8 Å². The van der Waals surface area contributed by atoms with E-state index in [1.165, 1.54) is 62.9 Å². The zero-order chi connectivity index (χ0) is 14.5. The van der Waals surface area contributed by atoms with Crippen LogP contribution in [0, 0.1) is 0 Å². The lowest BCUT2D eigenvalue weighted by Gasteiger charge is -2.40. The molecule has 1 saturated heterocycles. The third kappa shape index (κ3) is 3.75. The quantitative estimate of drug-likeness (QED) is 0.853. The highest BCUT2D eigenvalue weighted by Gasteiger charge is 2.35. The van der Waals surface area contributed by atoms with Crippen LogP contribution in [-0.2, 0) is 6.54 Å². The Morgan fingerprint density at radius 2 is 1.76 bits per heavy atom. The summed E-state index contributed by atoms with van der Waals surface area (Å²) in [5, 5.41) is 3.66. The molecule has 1 aliphatic carbocycles. The molecule has 1 N–H and O–H groups in total. The standard InChI is InChI=1S/C18H28N2S/c1-21-18(10-5-11-18)15-19-14-16-6-8-17(9-7-16)20-12-3-2-4-13-20/h6-9,19H,2-5,10-15H2,1H3. The van der Waals surface area contributed by atoms with Crippen LogP contribution < -0.4 is 10.2 Å². The molecule has 0 atom stereocenters. The maximum absolute atomic E-state index is 3.66. The van der Waals surface area contributed by atoms with Gasteiger partial charge in [-0.2, -0.15) is 11.8 Å². The summed E-state index contributed by atoms with van der Waals surface area (Å²) in [6.07, 6.45) is 10.5. The van der Waals surface area contributed by atoms with Crippen LogP contribution in [0.3, 0.4) is 0 Å². The van der Waals surface area contributed by atoms with Crippen molar-refractivity contribution in [2.24, 2.45) is 0 Å². The van der Waals surface area contributed by atoms with Gasteiger partial charge < -0.3 is 10.2 Å². The SMILES string of the molecule is CSC1(CNCc2ccc(N3CCCCC3)cc2)CCC1. The molecule has 116 valence electrons. The van der Waals surface area contributed by atoms with Crippen molar-refractivity contribution < 1.29 is 0 Å². The van der Waals surface area contributed by atoms with E-state index in [1.807, 2.05) is 11.8 Å². The van der Waals surface area contributed by atoms with E-state index in [1.54, 1.807) is 0 Å². The van der Waals surface area contributed by atoms with Crippen molar-refractivity contribution in [3.05, 3.63) is 29.8 Å². The third-order valence-electron chi connectivity index (χ3n) is 5.13. The van der Waals surface area contributed by atoms with Crippen molar-refractivity contribution in [2.75, 3.05) is 30.8 Å². The minimum absolute atomic E-state index is 0.535. The molecule has 0 radical (unpaired) electrons. The molecule has 3 rings (SSSR count). The first-order chi connectivity index (χ1) is 10.3. The lowest BCUT2D eigenvalue weighted by Crippen LogP contribution is -2.43. The molecule has 2 fully saturated rings. The van der Waals surface area contributed by atoms with Crippen molar-refractivity contribution in [1.29, 1.82) is 0 Å². The first-order valence-corrected chi connectivity index (χ1v) is 9.64. The minimum atomic E-state index is 0.535. The number of thioether (sulfide) groups is 1. The van der Waals surface area contributed by atoms with Gasteiger partial charge in [-0.05, 0) is 56.1 Å². The normalized spacial score (nSPS) is 21.1. The van der Waals surface area contributed by atoms with Crippen molar-refractivity contribution >= 4 is 17.4 Å². The molecule has 0 aromatic heterocycles. The number of anilines is 1. The number of piperidine rings is 1. The molecular formula is C18H28N2S. The lowest BCUT2D eigenvalue weighted by molar-refractivity contribution is 0.345. The van der Waals surface area contributed by atoms with Gasteiger partial charge in [0, 0.05) is 36.6 Å². The summed E-state index contributed by atoms with van der Waals surface area (Å²) < 4.78 is 0.535. The highest BCUT2D eigenvalue weighted by Crippen LogP contribution is 2.42. The van der Waals surface area contributed by atoms with E-state index in [9.17, 15) is 0 Å². The summed E-state index contributed by atoms with van der Waals surface area (Å²) >= 11 is 2.05. The highest BCUT2D eigenvalue weighted by molar-refractivity contribution is 8.00. The number of benzene rings is 1. The van der Waals surface area contributed by atoms with Crippen LogP contribution in [0.15, 0.2) is 24.3 Å². The molecular weight excluding hydrogens is 276 g/mol. The van der Waals surface area contributed by atoms with Gasteiger partial charge in [0.15, 0.2) is 0 Å². The Morgan fingerprint density at radius 1 is 1.05 bits per heavy atom. The Morgan fingerprint density at radius 3 is 2.33 bits per heavy atom. The molecule has 0 bridgehead atoms. The zero-order valence-corrected chi connectivity index (χ0v) is 14.1. The van der Waals surface area contributed by atoms with E-state index in [4.69, 9.17) is 0 Å². The van der Waals surface area contributed by atoms with Crippen LogP contribution in [0.1, 0.15) is 44.1 Å². The van der Waals surface area contributed by atoms with Gasteiger partial charge in [0.05, 0.1) is 0 Å². The fourth-order valence-corrected chi connectivity index (χ4v) is 4.38. The number of nitrogens with one attached hydrogen (secondary N) is 1. The summed E-state index contributed by atoms with van der Waals surface area (Å²) in [5.74, 6) is 0. The van der Waals surface area contributed by atoms with Crippen molar-refractivity contribution in [3.63, 3.8) is 0 Å². The average Bonchev–Trinajstić information content (AvgIpc) is 2.51. The second-order valence-corrected chi connectivity index (χ2v) is 7.83. The monoisotopic (exact) mass is 304 g/mol. The largest absolute Gasteiger partial charge is 0.372 e. The fourth-order valence-electron chi connectivity index (χ4n) is 3.44. The molecule has 0 amide bonds. The minimum Gasteiger partial charge on any atom is -0.372 e. The highest BCUT2D eigenvalue weighted by atomic mass is 32.2. The summed E-state index contributed by atoms with van der Waals surface area (Å²) in [6.45, 7) is 4.62. The summed E-state index contributed by atoms with van der Waals surface area (Å²) in [6, 6.07) is 9.19. The van der Waals surface area contributed by atoms with Crippen molar-refractivity contribution in [2.45, 2.75) is 49.8 Å². The number of hydrogen-bond donors (Lipinski definition) is 1. The molecule has 2 aliphatic rings. The topological polar surface area (TPSA) is 15.3 Å². The Bertz CT molecular complexity index is 428. The molecule has 1 aliphatic heterocycles. The van der Waals surface area contributed by atoms with Gasteiger partial charge in [0.2, 0.25) is 0 Å². The van der Waals surface area contributed by atoms with Crippen LogP contribution in [-0.4, -0.2) is 30.6 Å². The molecule has 1 heterocycles. The van der Waals surface area contributed by atoms with Gasteiger partial charge in [-0.3, -0.25) is 0 Å². The second-order valence-electron chi connectivity index (χ2n) is 6.56. The van der Waals surface area contributed by atoms with Crippen molar-refractivity contribution in [3.8, 4) is 0 Å². The molecule has 21 heavy (non-hydrogen) atoms. The van der Waals surface area contributed by atoms with Gasteiger partial charge >= 0.3 is 0 Å². The summed E-state index contributed by atoms with van der Waals surface area (Å²) in [7, 11) is 0. The van der Waals surface area contributed by atoms with Crippen LogP contribution in [0.4, 0.5) is 5.69 Å².